The van der Waals surface area contributed by atoms with E-state index < -0.39 is 0 Å². The summed E-state index contributed by atoms with van der Waals surface area (Å²) in [6.07, 6.45) is 0. The normalized spacial score (nSPS) is 14.4. The highest BCUT2D eigenvalue weighted by Gasteiger charge is 2.21. The first kappa shape index (κ1) is 15.6. The lowest BCUT2D eigenvalue weighted by Crippen LogP contribution is -2.48. The van der Waals surface area contributed by atoms with E-state index in [1.165, 1.54) is 0 Å². The first-order valence-electron chi connectivity index (χ1n) is 8.26. The van der Waals surface area contributed by atoms with Crippen molar-refractivity contribution >= 4 is 16.9 Å². The van der Waals surface area contributed by atoms with E-state index in [1.54, 1.807) is 30.3 Å². The largest absolute Gasteiger partial charge is 0.508 e. The molecule has 0 radical (unpaired) electrons. The minimum atomic E-state index is -0.121. The molecule has 0 unspecified atom stereocenters. The van der Waals surface area contributed by atoms with Crippen molar-refractivity contribution in [3.05, 3.63) is 41.6 Å². The van der Waals surface area contributed by atoms with Crippen molar-refractivity contribution in [2.75, 3.05) is 19.6 Å². The second kappa shape index (κ2) is 6.18. The van der Waals surface area contributed by atoms with Gasteiger partial charge in [0.05, 0.1) is 22.3 Å². The van der Waals surface area contributed by atoms with Crippen molar-refractivity contribution in [3.63, 3.8) is 0 Å². The smallest absolute Gasteiger partial charge is 0.252 e. The molecule has 4 N–H and O–H groups in total. The van der Waals surface area contributed by atoms with Gasteiger partial charge < -0.3 is 15.7 Å². The molecule has 128 valence electrons. The SMILES string of the molecule is Cc1n[nH]c2nc(-c3ccc(O)cc3)cc(C(=O)NCC3CNC3)c12. The Labute approximate surface area is 144 Å². The lowest BCUT2D eigenvalue weighted by Gasteiger charge is -2.27. The average Bonchev–Trinajstić information content (AvgIpc) is 2.94. The molecule has 3 aromatic rings. The molecule has 0 spiro atoms. The summed E-state index contributed by atoms with van der Waals surface area (Å²) >= 11 is 0. The van der Waals surface area contributed by atoms with Crippen LogP contribution in [0.3, 0.4) is 0 Å². The lowest BCUT2D eigenvalue weighted by atomic mass is 10.0. The van der Waals surface area contributed by atoms with Crippen molar-refractivity contribution in [3.8, 4) is 17.0 Å². The number of phenolic OH excluding ortho intramolecular Hbond substituents is 1. The van der Waals surface area contributed by atoms with Crippen molar-refractivity contribution in [2.24, 2.45) is 5.92 Å². The number of rotatable bonds is 4. The molecule has 0 saturated carbocycles. The maximum absolute atomic E-state index is 12.8. The van der Waals surface area contributed by atoms with Gasteiger partial charge >= 0.3 is 0 Å². The van der Waals surface area contributed by atoms with Gasteiger partial charge in [0.15, 0.2) is 5.65 Å². The van der Waals surface area contributed by atoms with Gasteiger partial charge in [0.2, 0.25) is 0 Å². The molecule has 1 aromatic carbocycles. The number of phenols is 1. The molecule has 1 amide bonds. The summed E-state index contributed by atoms with van der Waals surface area (Å²) < 4.78 is 0. The second-order valence-corrected chi connectivity index (χ2v) is 6.37. The highest BCUT2D eigenvalue weighted by molar-refractivity contribution is 6.07. The fourth-order valence-electron chi connectivity index (χ4n) is 2.97. The number of H-pyrrole nitrogens is 1. The Morgan fingerprint density at radius 2 is 2.08 bits per heavy atom. The van der Waals surface area contributed by atoms with Crippen LogP contribution in [0.5, 0.6) is 5.75 Å². The van der Waals surface area contributed by atoms with E-state index in [4.69, 9.17) is 0 Å². The Bertz CT molecular complexity index is 929. The Kier molecular flexibility index (Phi) is 3.85. The van der Waals surface area contributed by atoms with E-state index in [0.29, 0.717) is 29.4 Å². The van der Waals surface area contributed by atoms with E-state index in [1.807, 2.05) is 6.92 Å². The van der Waals surface area contributed by atoms with Gasteiger partial charge in [-0.15, -0.1) is 0 Å². The van der Waals surface area contributed by atoms with Gasteiger partial charge in [0.25, 0.3) is 5.91 Å². The predicted octanol–water partition coefficient (Wildman–Crippen LogP) is 1.59. The lowest BCUT2D eigenvalue weighted by molar-refractivity contribution is 0.0944. The van der Waals surface area contributed by atoms with Crippen LogP contribution in [0.15, 0.2) is 30.3 Å². The maximum Gasteiger partial charge on any atom is 0.252 e. The number of fused-ring (bicyclic) bond motifs is 1. The standard InChI is InChI=1S/C18H19N5O2/c1-10-16-14(18(25)20-9-11-7-19-8-11)6-15(21-17(16)23-22-10)12-2-4-13(24)5-3-12/h2-6,11,19,24H,7-9H2,1H3,(H,20,25)(H,21,22,23). The Balaban J connectivity index is 1.73. The van der Waals surface area contributed by atoms with Crippen LogP contribution in [0.4, 0.5) is 0 Å². The van der Waals surface area contributed by atoms with Crippen molar-refractivity contribution in [1.82, 2.24) is 25.8 Å². The molecule has 2 aromatic heterocycles. The van der Waals surface area contributed by atoms with Gasteiger partial charge in [-0.05, 0) is 37.3 Å². The molecule has 0 atom stereocenters. The van der Waals surface area contributed by atoms with Gasteiger partial charge in [-0.3, -0.25) is 9.89 Å². The number of carbonyl (C=O) groups excluding carboxylic acids is 1. The van der Waals surface area contributed by atoms with Crippen LogP contribution in [0, 0.1) is 12.8 Å². The summed E-state index contributed by atoms with van der Waals surface area (Å²) in [7, 11) is 0. The predicted molar refractivity (Wildman–Crippen MR) is 94.4 cm³/mol. The number of pyridine rings is 1. The highest BCUT2D eigenvalue weighted by atomic mass is 16.3. The number of hydrogen-bond donors (Lipinski definition) is 4. The number of nitrogens with zero attached hydrogens (tertiary/aromatic N) is 2. The number of aromatic nitrogens is 3. The second-order valence-electron chi connectivity index (χ2n) is 6.37. The zero-order valence-corrected chi connectivity index (χ0v) is 13.8. The van der Waals surface area contributed by atoms with Gasteiger partial charge in [-0.1, -0.05) is 0 Å². The van der Waals surface area contributed by atoms with Crippen LogP contribution in [0.1, 0.15) is 16.1 Å². The van der Waals surface area contributed by atoms with Gasteiger partial charge in [0.1, 0.15) is 5.75 Å². The third-order valence-electron chi connectivity index (χ3n) is 4.54. The molecule has 0 aliphatic carbocycles. The number of nitrogens with one attached hydrogen (secondary N) is 3. The number of aromatic amines is 1. The molecule has 25 heavy (non-hydrogen) atoms. The highest BCUT2D eigenvalue weighted by Crippen LogP contribution is 2.26. The first-order valence-corrected chi connectivity index (χ1v) is 8.26. The maximum atomic E-state index is 12.8. The van der Waals surface area contributed by atoms with E-state index in [9.17, 15) is 9.90 Å². The Hall–Kier alpha value is -2.93. The molecule has 1 fully saturated rings. The van der Waals surface area contributed by atoms with E-state index in [0.717, 1.165) is 29.7 Å². The summed E-state index contributed by atoms with van der Waals surface area (Å²) in [5, 5.41) is 23.5. The molecule has 0 bridgehead atoms. The molecule has 3 heterocycles. The first-order chi connectivity index (χ1) is 12.1. The van der Waals surface area contributed by atoms with E-state index >= 15 is 0 Å². The number of carbonyl (C=O) groups is 1. The van der Waals surface area contributed by atoms with Crippen LogP contribution in [-0.2, 0) is 0 Å². The van der Waals surface area contributed by atoms with Crippen LogP contribution in [0.2, 0.25) is 0 Å². The zero-order chi connectivity index (χ0) is 17.4. The fourth-order valence-corrected chi connectivity index (χ4v) is 2.97. The summed E-state index contributed by atoms with van der Waals surface area (Å²) in [4.78, 5) is 17.3. The summed E-state index contributed by atoms with van der Waals surface area (Å²) in [6, 6.07) is 8.53. The minimum absolute atomic E-state index is 0.121. The Morgan fingerprint density at radius 3 is 2.76 bits per heavy atom. The molecular formula is C18H19N5O2. The summed E-state index contributed by atoms with van der Waals surface area (Å²) in [5.41, 5.74) is 3.37. The van der Waals surface area contributed by atoms with Crippen molar-refractivity contribution in [2.45, 2.75) is 6.92 Å². The Morgan fingerprint density at radius 1 is 1.32 bits per heavy atom. The number of aryl methyl sites for hydroxylation is 1. The summed E-state index contributed by atoms with van der Waals surface area (Å²) in [5.74, 6) is 0.557. The zero-order valence-electron chi connectivity index (χ0n) is 13.8. The van der Waals surface area contributed by atoms with Crippen molar-refractivity contribution in [1.29, 1.82) is 0 Å². The molecule has 1 aliphatic heterocycles. The van der Waals surface area contributed by atoms with E-state index in [-0.39, 0.29) is 11.7 Å². The van der Waals surface area contributed by atoms with Gasteiger partial charge in [0, 0.05) is 31.1 Å². The van der Waals surface area contributed by atoms with Crippen LogP contribution in [0.25, 0.3) is 22.3 Å². The van der Waals surface area contributed by atoms with Crippen LogP contribution < -0.4 is 10.6 Å². The average molecular weight is 337 g/mol. The van der Waals surface area contributed by atoms with Crippen LogP contribution >= 0.6 is 0 Å². The molecule has 1 saturated heterocycles. The van der Waals surface area contributed by atoms with E-state index in [2.05, 4.69) is 25.8 Å². The fraction of sp³-hybridized carbons (Fsp3) is 0.278. The third-order valence-corrected chi connectivity index (χ3v) is 4.54. The number of benzene rings is 1. The topological polar surface area (TPSA) is 103 Å². The van der Waals surface area contributed by atoms with Gasteiger partial charge in [-0.25, -0.2) is 4.98 Å². The molecule has 7 heteroatoms. The summed E-state index contributed by atoms with van der Waals surface area (Å²) in [6.45, 7) is 4.39. The molecular weight excluding hydrogens is 318 g/mol. The molecule has 7 nitrogen and oxygen atoms in total. The van der Waals surface area contributed by atoms with Gasteiger partial charge in [-0.2, -0.15) is 5.10 Å². The molecule has 4 rings (SSSR count). The monoisotopic (exact) mass is 337 g/mol. The quantitative estimate of drug-likeness (QED) is 0.579. The number of amides is 1. The minimum Gasteiger partial charge on any atom is -0.508 e. The number of aromatic hydroxyl groups is 1. The molecule has 1 aliphatic rings. The third kappa shape index (κ3) is 2.94. The van der Waals surface area contributed by atoms with Crippen molar-refractivity contribution < 1.29 is 9.90 Å². The number of hydrogen-bond acceptors (Lipinski definition) is 5. The van der Waals surface area contributed by atoms with Crippen LogP contribution in [-0.4, -0.2) is 45.8 Å².